The second-order valence-electron chi connectivity index (χ2n) is 6.65. The predicted molar refractivity (Wildman–Crippen MR) is 81.9 cm³/mol. The largest absolute Gasteiger partial charge is 0.383 e. The number of methoxy groups -OCH3 is 1. The molecular formula is C16H33NO3. The maximum atomic E-state index is 11.1. The quantitative estimate of drug-likeness (QED) is 0.706. The van der Waals surface area contributed by atoms with Crippen molar-refractivity contribution >= 4 is 0 Å². The molecule has 1 rings (SSSR count). The Morgan fingerprint density at radius 1 is 1.45 bits per heavy atom. The van der Waals surface area contributed by atoms with Gasteiger partial charge < -0.3 is 19.9 Å². The molecule has 1 aliphatic heterocycles. The molecule has 0 radical (unpaired) electrons. The Labute approximate surface area is 124 Å². The van der Waals surface area contributed by atoms with E-state index in [1.807, 2.05) is 13.8 Å². The minimum absolute atomic E-state index is 0.130. The summed E-state index contributed by atoms with van der Waals surface area (Å²) in [7, 11) is 1.69. The molecule has 4 unspecified atom stereocenters. The van der Waals surface area contributed by atoms with Gasteiger partial charge in [-0.3, -0.25) is 0 Å². The van der Waals surface area contributed by atoms with E-state index in [9.17, 15) is 5.11 Å². The standard InChI is InChI=1S/C16H33NO3/c1-7-8-9-17-11-16(18)13(4)20-14(12(2)3)10-15(16,5)19-6/h12-14,17-18H,7-11H2,1-6H3. The smallest absolute Gasteiger partial charge is 0.131 e. The van der Waals surface area contributed by atoms with Gasteiger partial charge >= 0.3 is 0 Å². The first kappa shape index (κ1) is 17.9. The van der Waals surface area contributed by atoms with E-state index >= 15 is 0 Å². The summed E-state index contributed by atoms with van der Waals surface area (Å²) >= 11 is 0. The molecule has 0 amide bonds. The Bertz CT molecular complexity index is 297. The topological polar surface area (TPSA) is 50.7 Å². The number of hydrogen-bond donors (Lipinski definition) is 2. The average molecular weight is 287 g/mol. The van der Waals surface area contributed by atoms with Crippen LogP contribution in [0.3, 0.4) is 0 Å². The van der Waals surface area contributed by atoms with Crippen LogP contribution in [0.5, 0.6) is 0 Å². The molecule has 1 heterocycles. The highest BCUT2D eigenvalue weighted by Gasteiger charge is 2.56. The van der Waals surface area contributed by atoms with Crippen molar-refractivity contribution in [3.05, 3.63) is 0 Å². The van der Waals surface area contributed by atoms with Crippen LogP contribution < -0.4 is 5.32 Å². The highest BCUT2D eigenvalue weighted by Crippen LogP contribution is 2.41. The van der Waals surface area contributed by atoms with Gasteiger partial charge in [0.1, 0.15) is 5.60 Å². The first-order valence-corrected chi connectivity index (χ1v) is 7.94. The molecule has 4 nitrogen and oxygen atoms in total. The molecule has 0 aromatic carbocycles. The monoisotopic (exact) mass is 287 g/mol. The lowest BCUT2D eigenvalue weighted by molar-refractivity contribution is -0.274. The predicted octanol–water partition coefficient (Wildman–Crippen LogP) is 2.35. The summed E-state index contributed by atoms with van der Waals surface area (Å²) in [5, 5.41) is 14.5. The number of aliphatic hydroxyl groups is 1. The summed E-state index contributed by atoms with van der Waals surface area (Å²) < 4.78 is 11.8. The Hall–Kier alpha value is -0.160. The van der Waals surface area contributed by atoms with Crippen molar-refractivity contribution in [1.29, 1.82) is 0 Å². The van der Waals surface area contributed by atoms with Gasteiger partial charge in [0.2, 0.25) is 0 Å². The molecule has 0 saturated carbocycles. The van der Waals surface area contributed by atoms with Crippen molar-refractivity contribution in [3.8, 4) is 0 Å². The van der Waals surface area contributed by atoms with E-state index in [1.54, 1.807) is 7.11 Å². The zero-order chi connectivity index (χ0) is 15.4. The van der Waals surface area contributed by atoms with Crippen molar-refractivity contribution in [2.45, 2.75) is 77.3 Å². The van der Waals surface area contributed by atoms with Gasteiger partial charge in [-0.15, -0.1) is 0 Å². The minimum Gasteiger partial charge on any atom is -0.383 e. The second-order valence-corrected chi connectivity index (χ2v) is 6.65. The van der Waals surface area contributed by atoms with E-state index in [-0.39, 0.29) is 12.2 Å². The molecule has 4 heteroatoms. The van der Waals surface area contributed by atoms with E-state index in [1.165, 1.54) is 0 Å². The first-order valence-electron chi connectivity index (χ1n) is 7.94. The van der Waals surface area contributed by atoms with Gasteiger partial charge in [0, 0.05) is 20.1 Å². The van der Waals surface area contributed by atoms with Crippen LogP contribution in [0.15, 0.2) is 0 Å². The van der Waals surface area contributed by atoms with Crippen LogP contribution in [-0.2, 0) is 9.47 Å². The lowest BCUT2D eigenvalue weighted by Gasteiger charge is -2.54. The lowest BCUT2D eigenvalue weighted by atomic mass is 9.72. The maximum absolute atomic E-state index is 11.1. The fourth-order valence-electron chi connectivity index (χ4n) is 2.98. The van der Waals surface area contributed by atoms with Crippen LogP contribution >= 0.6 is 0 Å². The van der Waals surface area contributed by atoms with Crippen LogP contribution in [0, 0.1) is 5.92 Å². The summed E-state index contributed by atoms with van der Waals surface area (Å²) in [5.41, 5.74) is -1.58. The fourth-order valence-corrected chi connectivity index (χ4v) is 2.98. The summed E-state index contributed by atoms with van der Waals surface area (Å²) in [6.45, 7) is 11.8. The molecule has 1 aliphatic rings. The number of rotatable bonds is 7. The highest BCUT2D eigenvalue weighted by atomic mass is 16.6. The molecule has 20 heavy (non-hydrogen) atoms. The van der Waals surface area contributed by atoms with Gasteiger partial charge in [0.25, 0.3) is 0 Å². The van der Waals surface area contributed by atoms with E-state index in [0.717, 1.165) is 25.8 Å². The summed E-state index contributed by atoms with van der Waals surface area (Å²) in [5.74, 6) is 0.421. The molecule has 0 bridgehead atoms. The average Bonchev–Trinajstić information content (AvgIpc) is 2.40. The summed E-state index contributed by atoms with van der Waals surface area (Å²) in [6, 6.07) is 0. The minimum atomic E-state index is -0.999. The van der Waals surface area contributed by atoms with Gasteiger partial charge in [-0.05, 0) is 32.7 Å². The molecule has 1 saturated heterocycles. The number of unbranched alkanes of at least 4 members (excludes halogenated alkanes) is 1. The van der Waals surface area contributed by atoms with Crippen molar-refractivity contribution in [3.63, 3.8) is 0 Å². The third-order valence-corrected chi connectivity index (χ3v) is 4.85. The maximum Gasteiger partial charge on any atom is 0.131 e. The SMILES string of the molecule is CCCCNCC1(O)C(C)OC(C(C)C)CC1(C)OC. The molecule has 0 aromatic heterocycles. The van der Waals surface area contributed by atoms with Crippen LogP contribution in [0.4, 0.5) is 0 Å². The van der Waals surface area contributed by atoms with Crippen LogP contribution in [0.25, 0.3) is 0 Å². The summed E-state index contributed by atoms with van der Waals surface area (Å²) in [6.07, 6.45) is 2.86. The first-order chi connectivity index (χ1) is 9.30. The van der Waals surface area contributed by atoms with Gasteiger partial charge in [0.05, 0.1) is 17.8 Å². The van der Waals surface area contributed by atoms with Gasteiger partial charge in [0.15, 0.2) is 0 Å². The molecule has 120 valence electrons. The molecule has 2 N–H and O–H groups in total. The van der Waals surface area contributed by atoms with Crippen molar-refractivity contribution in [1.82, 2.24) is 5.32 Å². The molecule has 4 atom stereocenters. The Kier molecular flexibility index (Phi) is 6.45. The summed E-state index contributed by atoms with van der Waals surface area (Å²) in [4.78, 5) is 0. The van der Waals surface area contributed by atoms with Crippen LogP contribution in [0.2, 0.25) is 0 Å². The Balaban J connectivity index is 2.80. The van der Waals surface area contributed by atoms with Gasteiger partial charge in [-0.2, -0.15) is 0 Å². The molecule has 0 aliphatic carbocycles. The highest BCUT2D eigenvalue weighted by molar-refractivity contribution is 5.08. The van der Waals surface area contributed by atoms with Crippen LogP contribution in [0.1, 0.15) is 53.9 Å². The number of nitrogens with one attached hydrogen (secondary N) is 1. The lowest BCUT2D eigenvalue weighted by Crippen LogP contribution is -2.69. The van der Waals surface area contributed by atoms with E-state index in [4.69, 9.17) is 9.47 Å². The third-order valence-electron chi connectivity index (χ3n) is 4.85. The number of hydrogen-bond acceptors (Lipinski definition) is 4. The normalized spacial score (nSPS) is 38.4. The molecule has 1 fully saturated rings. The van der Waals surface area contributed by atoms with Crippen LogP contribution in [-0.4, -0.2) is 48.7 Å². The Morgan fingerprint density at radius 2 is 2.10 bits per heavy atom. The third kappa shape index (κ3) is 3.53. The number of ether oxygens (including phenoxy) is 2. The molecular weight excluding hydrogens is 254 g/mol. The van der Waals surface area contributed by atoms with Gasteiger partial charge in [-0.25, -0.2) is 0 Å². The van der Waals surface area contributed by atoms with Crippen molar-refractivity contribution in [2.75, 3.05) is 20.2 Å². The van der Waals surface area contributed by atoms with E-state index in [2.05, 4.69) is 26.1 Å². The Morgan fingerprint density at radius 3 is 2.60 bits per heavy atom. The zero-order valence-electron chi connectivity index (χ0n) is 14.0. The second kappa shape index (κ2) is 7.21. The van der Waals surface area contributed by atoms with E-state index < -0.39 is 11.2 Å². The molecule has 0 aromatic rings. The van der Waals surface area contributed by atoms with Crippen molar-refractivity contribution in [2.24, 2.45) is 5.92 Å². The van der Waals surface area contributed by atoms with Gasteiger partial charge in [-0.1, -0.05) is 27.2 Å². The molecule has 0 spiro atoms. The zero-order valence-corrected chi connectivity index (χ0v) is 14.0. The fraction of sp³-hybridized carbons (Fsp3) is 1.00. The van der Waals surface area contributed by atoms with Crippen molar-refractivity contribution < 1.29 is 14.6 Å². The van der Waals surface area contributed by atoms with E-state index in [0.29, 0.717) is 12.5 Å².